The summed E-state index contributed by atoms with van der Waals surface area (Å²) in [5.41, 5.74) is 0.732. The number of carbonyl (C=O) groups is 1. The number of nitrogens with one attached hydrogen (secondary N) is 1. The molecule has 0 spiro atoms. The number of nitrogens with zero attached hydrogens (tertiary/aromatic N) is 1. The Bertz CT molecular complexity index is 617. The summed E-state index contributed by atoms with van der Waals surface area (Å²) < 4.78 is 5.46. The number of thiazole rings is 1. The van der Waals surface area contributed by atoms with Crippen LogP contribution in [0.3, 0.4) is 0 Å². The van der Waals surface area contributed by atoms with Crippen LogP contribution >= 0.6 is 11.3 Å². The van der Waals surface area contributed by atoms with Gasteiger partial charge in [-0.05, 0) is 31.9 Å². The summed E-state index contributed by atoms with van der Waals surface area (Å²) in [6.07, 6.45) is 1.48. The molecule has 0 fully saturated rings. The van der Waals surface area contributed by atoms with Gasteiger partial charge >= 0.3 is 5.97 Å². The second-order valence-electron chi connectivity index (χ2n) is 4.62. The van der Waals surface area contributed by atoms with Gasteiger partial charge in [0.25, 0.3) is 0 Å². The van der Waals surface area contributed by atoms with E-state index in [1.807, 2.05) is 19.1 Å². The molecule has 19 heavy (non-hydrogen) atoms. The van der Waals surface area contributed by atoms with E-state index in [1.165, 1.54) is 0 Å². The van der Waals surface area contributed by atoms with E-state index in [9.17, 15) is 4.79 Å². The molecular weight excluding hydrogens is 264 g/mol. The van der Waals surface area contributed by atoms with Gasteiger partial charge in [-0.3, -0.25) is 4.79 Å². The summed E-state index contributed by atoms with van der Waals surface area (Å²) >= 11 is 1.54. The van der Waals surface area contributed by atoms with Crippen LogP contribution in [0.4, 0.5) is 5.13 Å². The Morgan fingerprint density at radius 2 is 2.47 bits per heavy atom. The first kappa shape index (κ1) is 12.2. The van der Waals surface area contributed by atoms with Gasteiger partial charge in [-0.15, -0.1) is 11.3 Å². The van der Waals surface area contributed by atoms with Crippen molar-refractivity contribution >= 4 is 22.4 Å². The van der Waals surface area contributed by atoms with Crippen LogP contribution < -0.4 is 5.32 Å². The average Bonchev–Trinajstić information content (AvgIpc) is 3.00. The fourth-order valence-corrected chi connectivity index (χ4v) is 3.32. The number of fused-ring (bicyclic) bond motifs is 1. The summed E-state index contributed by atoms with van der Waals surface area (Å²) in [6, 6.07) is 3.84. The predicted molar refractivity (Wildman–Crippen MR) is 71.6 cm³/mol. The van der Waals surface area contributed by atoms with Gasteiger partial charge in [-0.25, -0.2) is 4.98 Å². The highest BCUT2D eigenvalue weighted by Gasteiger charge is 2.32. The zero-order chi connectivity index (χ0) is 13.4. The zero-order valence-corrected chi connectivity index (χ0v) is 11.3. The van der Waals surface area contributed by atoms with Crippen LogP contribution in [0.25, 0.3) is 0 Å². The molecule has 0 saturated heterocycles. The Morgan fingerprint density at radius 1 is 1.63 bits per heavy atom. The molecule has 1 aliphatic rings. The van der Waals surface area contributed by atoms with E-state index >= 15 is 0 Å². The van der Waals surface area contributed by atoms with Crippen molar-refractivity contribution in [2.45, 2.75) is 32.2 Å². The van der Waals surface area contributed by atoms with E-state index in [2.05, 4.69) is 10.3 Å². The highest BCUT2D eigenvalue weighted by atomic mass is 32.1. The predicted octanol–water partition coefficient (Wildman–Crippen LogP) is 2.77. The van der Waals surface area contributed by atoms with E-state index in [4.69, 9.17) is 9.52 Å². The van der Waals surface area contributed by atoms with Crippen molar-refractivity contribution < 1.29 is 14.3 Å². The van der Waals surface area contributed by atoms with Gasteiger partial charge in [-0.2, -0.15) is 0 Å². The number of furan rings is 1. The number of carboxylic acids is 1. The fraction of sp³-hybridized carbons (Fsp3) is 0.385. The molecule has 6 heteroatoms. The zero-order valence-electron chi connectivity index (χ0n) is 10.5. The molecule has 0 bridgehead atoms. The van der Waals surface area contributed by atoms with Crippen molar-refractivity contribution in [2.24, 2.45) is 0 Å². The topological polar surface area (TPSA) is 75.4 Å². The summed E-state index contributed by atoms with van der Waals surface area (Å²) in [4.78, 5) is 16.6. The maximum atomic E-state index is 11.1. The largest absolute Gasteiger partial charge is 0.481 e. The van der Waals surface area contributed by atoms with Crippen LogP contribution in [0, 0.1) is 6.92 Å². The molecule has 2 heterocycles. The van der Waals surface area contributed by atoms with E-state index in [0.29, 0.717) is 13.0 Å². The van der Waals surface area contributed by atoms with Crippen molar-refractivity contribution in [2.75, 3.05) is 5.32 Å². The minimum absolute atomic E-state index is 0.437. The lowest BCUT2D eigenvalue weighted by molar-refractivity contribution is -0.138. The number of rotatable bonds is 4. The van der Waals surface area contributed by atoms with E-state index in [-0.39, 0.29) is 0 Å². The fourth-order valence-electron chi connectivity index (χ4n) is 2.29. The lowest BCUT2D eigenvalue weighted by atomic mass is 10.1. The SMILES string of the molecule is Cc1ccc(CNc2nc3c(s2)CCC3C(=O)O)o1. The van der Waals surface area contributed by atoms with E-state index < -0.39 is 11.9 Å². The van der Waals surface area contributed by atoms with Gasteiger partial charge in [0, 0.05) is 4.88 Å². The van der Waals surface area contributed by atoms with E-state index in [1.54, 1.807) is 11.3 Å². The van der Waals surface area contributed by atoms with Crippen molar-refractivity contribution in [1.29, 1.82) is 0 Å². The van der Waals surface area contributed by atoms with Crippen molar-refractivity contribution in [3.05, 3.63) is 34.2 Å². The number of anilines is 1. The molecule has 0 aromatic carbocycles. The van der Waals surface area contributed by atoms with Crippen molar-refractivity contribution in [3.63, 3.8) is 0 Å². The molecule has 1 aliphatic carbocycles. The molecule has 0 amide bonds. The highest BCUT2D eigenvalue weighted by Crippen LogP contribution is 2.38. The number of hydrogen-bond acceptors (Lipinski definition) is 5. The molecule has 5 nitrogen and oxygen atoms in total. The molecule has 100 valence electrons. The van der Waals surface area contributed by atoms with Gasteiger partial charge in [0.05, 0.1) is 12.2 Å². The van der Waals surface area contributed by atoms with Crippen LogP contribution in [0.5, 0.6) is 0 Å². The number of aryl methyl sites for hydroxylation is 2. The Hall–Kier alpha value is -1.82. The molecule has 2 aromatic heterocycles. The Balaban J connectivity index is 1.70. The average molecular weight is 278 g/mol. The smallest absolute Gasteiger partial charge is 0.312 e. The Kier molecular flexibility index (Phi) is 3.02. The molecule has 2 aromatic rings. The van der Waals surface area contributed by atoms with Crippen LogP contribution in [-0.4, -0.2) is 16.1 Å². The molecule has 1 unspecified atom stereocenters. The second kappa shape index (κ2) is 4.70. The number of carboxylic acid groups (broad SMARTS) is 1. The summed E-state index contributed by atoms with van der Waals surface area (Å²) in [5, 5.41) is 13.1. The molecule has 0 saturated carbocycles. The van der Waals surface area contributed by atoms with Crippen LogP contribution in [0.2, 0.25) is 0 Å². The third-order valence-electron chi connectivity index (χ3n) is 3.23. The lowest BCUT2D eigenvalue weighted by Crippen LogP contribution is -2.09. The number of aliphatic carboxylic acids is 1. The molecule has 2 N–H and O–H groups in total. The van der Waals surface area contributed by atoms with Crippen LogP contribution in [0.1, 0.15) is 34.4 Å². The van der Waals surface area contributed by atoms with Crippen molar-refractivity contribution in [3.8, 4) is 0 Å². The van der Waals surface area contributed by atoms with Crippen LogP contribution in [0.15, 0.2) is 16.5 Å². The van der Waals surface area contributed by atoms with Gasteiger partial charge in [0.15, 0.2) is 5.13 Å². The van der Waals surface area contributed by atoms with E-state index in [0.717, 1.165) is 33.6 Å². The highest BCUT2D eigenvalue weighted by molar-refractivity contribution is 7.15. The minimum atomic E-state index is -0.780. The standard InChI is InChI=1S/C13H14N2O3S/c1-7-2-3-8(18-7)6-14-13-15-11-9(12(16)17)4-5-10(11)19-13/h2-3,9H,4-6H2,1H3,(H,14,15)(H,16,17). The first-order chi connectivity index (χ1) is 9.13. The number of aromatic nitrogens is 1. The van der Waals surface area contributed by atoms with Crippen molar-refractivity contribution in [1.82, 2.24) is 4.98 Å². The maximum Gasteiger partial charge on any atom is 0.312 e. The quantitative estimate of drug-likeness (QED) is 0.899. The third-order valence-corrected chi connectivity index (χ3v) is 4.31. The summed E-state index contributed by atoms with van der Waals surface area (Å²) in [6.45, 7) is 2.47. The Morgan fingerprint density at radius 3 is 3.16 bits per heavy atom. The van der Waals surface area contributed by atoms with Gasteiger partial charge < -0.3 is 14.8 Å². The third kappa shape index (κ3) is 2.35. The molecule has 3 rings (SSSR count). The van der Waals surface area contributed by atoms with Crippen LogP contribution in [-0.2, 0) is 17.8 Å². The first-order valence-corrected chi connectivity index (χ1v) is 6.96. The molecular formula is C13H14N2O3S. The number of hydrogen-bond donors (Lipinski definition) is 2. The Labute approximate surface area is 114 Å². The lowest BCUT2D eigenvalue weighted by Gasteiger charge is -2.02. The minimum Gasteiger partial charge on any atom is -0.481 e. The first-order valence-electron chi connectivity index (χ1n) is 6.15. The molecule has 0 radical (unpaired) electrons. The summed E-state index contributed by atoms with van der Waals surface area (Å²) in [5.74, 6) is 0.511. The second-order valence-corrected chi connectivity index (χ2v) is 5.71. The van der Waals surface area contributed by atoms with Gasteiger partial charge in [0.2, 0.25) is 0 Å². The summed E-state index contributed by atoms with van der Waals surface area (Å²) in [7, 11) is 0. The molecule has 1 atom stereocenters. The van der Waals surface area contributed by atoms with Gasteiger partial charge in [-0.1, -0.05) is 0 Å². The maximum absolute atomic E-state index is 11.1. The monoisotopic (exact) mass is 278 g/mol. The van der Waals surface area contributed by atoms with Gasteiger partial charge in [0.1, 0.15) is 17.4 Å². The normalized spacial score (nSPS) is 17.4. The molecule has 0 aliphatic heterocycles.